The highest BCUT2D eigenvalue weighted by Gasteiger charge is 2.59. The molecule has 2 heterocycles. The molecule has 2 N–H and O–H groups in total. The number of hydrogen-bond donors (Lipinski definition) is 2. The Morgan fingerprint density at radius 1 is 1.15 bits per heavy atom. The summed E-state index contributed by atoms with van der Waals surface area (Å²) in [5.41, 5.74) is -0.289. The fraction of sp³-hybridized carbons (Fsp3) is 0.200. The predicted molar refractivity (Wildman–Crippen MR) is 124 cm³/mol. The minimum atomic E-state index is -4.75. The van der Waals surface area contributed by atoms with Crippen LogP contribution in [0.4, 0.5) is 18.9 Å². The summed E-state index contributed by atoms with van der Waals surface area (Å²) in [5.74, 6) is -0.683. The Hall–Kier alpha value is -2.47. The van der Waals surface area contributed by atoms with E-state index in [2.05, 4.69) is 26.0 Å². The minimum Gasteiger partial charge on any atom is -0.410 e. The summed E-state index contributed by atoms with van der Waals surface area (Å²) in [6.07, 6.45) is -5.38. The number of nitrogens with zero attached hydrogens (tertiary/aromatic N) is 3. The number of carbonyl (C=O) groups excluding carboxylic acids is 1. The van der Waals surface area contributed by atoms with Crippen molar-refractivity contribution >= 4 is 63.9 Å². The lowest BCUT2D eigenvalue weighted by Gasteiger charge is -2.31. The molecule has 1 aliphatic heterocycles. The van der Waals surface area contributed by atoms with Gasteiger partial charge < -0.3 is 9.73 Å². The number of thioether (sulfide) groups is 1. The Labute approximate surface area is 210 Å². The Kier molecular flexibility index (Phi) is 6.99. The third-order valence-electron chi connectivity index (χ3n) is 4.78. The van der Waals surface area contributed by atoms with Crippen LogP contribution in [0.15, 0.2) is 57.2 Å². The van der Waals surface area contributed by atoms with E-state index >= 15 is 0 Å². The number of amides is 1. The zero-order valence-electron chi connectivity index (χ0n) is 16.8. The number of benzene rings is 2. The van der Waals surface area contributed by atoms with Crippen LogP contribution >= 0.6 is 46.6 Å². The van der Waals surface area contributed by atoms with E-state index in [9.17, 15) is 18.0 Å². The molecule has 34 heavy (non-hydrogen) atoms. The van der Waals surface area contributed by atoms with Crippen LogP contribution in [0.3, 0.4) is 0 Å². The van der Waals surface area contributed by atoms with Crippen LogP contribution in [0.5, 0.6) is 0 Å². The van der Waals surface area contributed by atoms with Crippen LogP contribution in [0.2, 0.25) is 15.1 Å². The first-order valence-electron chi connectivity index (χ1n) is 9.45. The van der Waals surface area contributed by atoms with E-state index < -0.39 is 18.1 Å². The Morgan fingerprint density at radius 3 is 2.53 bits per heavy atom. The molecule has 1 aliphatic rings. The first-order valence-corrected chi connectivity index (χ1v) is 11.6. The molecule has 1 aromatic heterocycles. The van der Waals surface area contributed by atoms with Gasteiger partial charge in [0.05, 0.1) is 16.5 Å². The van der Waals surface area contributed by atoms with Gasteiger partial charge in [0.15, 0.2) is 5.54 Å². The van der Waals surface area contributed by atoms with Crippen molar-refractivity contribution in [2.45, 2.75) is 23.4 Å². The number of alkyl halides is 3. The van der Waals surface area contributed by atoms with Crippen LogP contribution in [0, 0.1) is 0 Å². The zero-order valence-corrected chi connectivity index (χ0v) is 19.9. The molecule has 14 heteroatoms. The molecule has 7 nitrogen and oxygen atoms in total. The van der Waals surface area contributed by atoms with Gasteiger partial charge in [-0.1, -0.05) is 58.7 Å². The van der Waals surface area contributed by atoms with E-state index in [4.69, 9.17) is 39.2 Å². The van der Waals surface area contributed by atoms with Crippen LogP contribution in [-0.2, 0) is 10.3 Å². The summed E-state index contributed by atoms with van der Waals surface area (Å²) in [6, 6.07) is 10.4. The number of para-hydroxylation sites is 1. The molecule has 0 radical (unpaired) electrons. The second-order valence-electron chi connectivity index (χ2n) is 7.10. The van der Waals surface area contributed by atoms with E-state index in [0.29, 0.717) is 10.7 Å². The zero-order chi connectivity index (χ0) is 24.5. The fourth-order valence-corrected chi connectivity index (χ4v) is 4.44. The molecule has 2 aromatic carbocycles. The van der Waals surface area contributed by atoms with Gasteiger partial charge in [0.2, 0.25) is 5.91 Å². The highest BCUT2D eigenvalue weighted by atomic mass is 35.5. The third kappa shape index (κ3) is 5.12. The van der Waals surface area contributed by atoms with Gasteiger partial charge in [0.1, 0.15) is 5.71 Å². The van der Waals surface area contributed by atoms with E-state index in [1.54, 1.807) is 24.3 Å². The molecule has 4 rings (SSSR count). The van der Waals surface area contributed by atoms with Crippen molar-refractivity contribution in [2.75, 3.05) is 11.1 Å². The van der Waals surface area contributed by atoms with Crippen LogP contribution in [0.25, 0.3) is 0 Å². The van der Waals surface area contributed by atoms with E-state index in [1.165, 1.54) is 18.2 Å². The van der Waals surface area contributed by atoms with Gasteiger partial charge in [-0.25, -0.2) is 0 Å². The lowest BCUT2D eigenvalue weighted by molar-refractivity contribution is -0.196. The molecule has 0 saturated heterocycles. The molecule has 1 amide bonds. The summed E-state index contributed by atoms with van der Waals surface area (Å²) < 4.78 is 47.8. The lowest BCUT2D eigenvalue weighted by Crippen LogP contribution is -2.49. The molecule has 0 bridgehead atoms. The van der Waals surface area contributed by atoms with Gasteiger partial charge in [0.25, 0.3) is 11.1 Å². The molecule has 0 aliphatic carbocycles. The van der Waals surface area contributed by atoms with Crippen molar-refractivity contribution in [3.8, 4) is 0 Å². The number of hydrazone groups is 1. The Bertz CT molecular complexity index is 1250. The van der Waals surface area contributed by atoms with Crippen molar-refractivity contribution in [1.82, 2.24) is 15.6 Å². The molecule has 0 spiro atoms. The Morgan fingerprint density at radius 2 is 1.85 bits per heavy atom. The van der Waals surface area contributed by atoms with Crippen molar-refractivity contribution in [1.29, 1.82) is 0 Å². The van der Waals surface area contributed by atoms with E-state index in [0.717, 1.165) is 11.8 Å². The van der Waals surface area contributed by atoms with Gasteiger partial charge >= 0.3 is 6.18 Å². The maximum Gasteiger partial charge on any atom is 0.417 e. The number of carbonyl (C=O) groups is 1. The van der Waals surface area contributed by atoms with Crippen LogP contribution < -0.4 is 10.7 Å². The first-order chi connectivity index (χ1) is 16.1. The SMILES string of the molecule is O=C(CSc1nnc(C2=NNC(c3cc(Cl)cc(Cl)c3)(C(F)(F)F)C2)o1)Nc1ccccc1Cl. The second-order valence-corrected chi connectivity index (χ2v) is 9.30. The lowest BCUT2D eigenvalue weighted by atomic mass is 9.85. The number of halogens is 6. The monoisotopic (exact) mass is 549 g/mol. The Balaban J connectivity index is 1.45. The predicted octanol–water partition coefficient (Wildman–Crippen LogP) is 5.92. The standard InChI is InChI=1S/C20H13Cl3F3N5O2S/c21-11-5-10(6-12(22)7-11)19(20(24,25)26)8-15(28-31-19)17-29-30-18(33-17)34-9-16(32)27-14-4-2-1-3-13(14)23/h1-7,31H,8-9H2,(H,27,32). The first kappa shape index (κ1) is 24.6. The van der Waals surface area contributed by atoms with E-state index in [-0.39, 0.29) is 44.1 Å². The quantitative estimate of drug-likeness (QED) is 0.371. The third-order valence-corrected chi connectivity index (χ3v) is 6.37. The summed E-state index contributed by atoms with van der Waals surface area (Å²) >= 11 is 18.7. The smallest absolute Gasteiger partial charge is 0.410 e. The normalized spacial score (nSPS) is 17.9. The molecule has 3 aromatic rings. The number of hydrogen-bond acceptors (Lipinski definition) is 7. The molecular weight excluding hydrogens is 538 g/mol. The topological polar surface area (TPSA) is 92.4 Å². The van der Waals surface area contributed by atoms with Crippen LogP contribution in [0.1, 0.15) is 17.9 Å². The molecule has 178 valence electrons. The highest BCUT2D eigenvalue weighted by Crippen LogP contribution is 2.46. The average Bonchev–Trinajstić information content (AvgIpc) is 3.41. The maximum atomic E-state index is 14.1. The molecular formula is C20H13Cl3F3N5O2S. The number of anilines is 1. The second kappa shape index (κ2) is 9.65. The molecule has 0 fully saturated rings. The van der Waals surface area contributed by atoms with Crippen molar-refractivity contribution in [3.05, 3.63) is 69.0 Å². The molecule has 0 saturated carbocycles. The van der Waals surface area contributed by atoms with Gasteiger partial charge in [-0.15, -0.1) is 10.2 Å². The van der Waals surface area contributed by atoms with Crippen LogP contribution in [-0.4, -0.2) is 33.7 Å². The maximum absolute atomic E-state index is 14.1. The van der Waals surface area contributed by atoms with Gasteiger partial charge in [0, 0.05) is 16.5 Å². The van der Waals surface area contributed by atoms with Gasteiger partial charge in [-0.05, 0) is 35.9 Å². The molecule has 1 unspecified atom stereocenters. The number of nitrogens with one attached hydrogen (secondary N) is 2. The number of aromatic nitrogens is 2. The minimum absolute atomic E-state index is 0.0117. The van der Waals surface area contributed by atoms with Gasteiger partial charge in [-0.3, -0.25) is 10.2 Å². The summed E-state index contributed by atoms with van der Waals surface area (Å²) in [4.78, 5) is 12.1. The fourth-order valence-electron chi connectivity index (χ4n) is 3.17. The largest absolute Gasteiger partial charge is 0.417 e. The van der Waals surface area contributed by atoms with Crippen molar-refractivity contribution in [3.63, 3.8) is 0 Å². The average molecular weight is 551 g/mol. The number of rotatable bonds is 6. The van der Waals surface area contributed by atoms with E-state index in [1.807, 2.05) is 0 Å². The van der Waals surface area contributed by atoms with Crippen molar-refractivity contribution < 1.29 is 22.4 Å². The van der Waals surface area contributed by atoms with Crippen molar-refractivity contribution in [2.24, 2.45) is 5.10 Å². The molecule has 1 atom stereocenters. The summed E-state index contributed by atoms with van der Waals surface area (Å²) in [5, 5.41) is 14.4. The van der Waals surface area contributed by atoms with Gasteiger partial charge in [-0.2, -0.15) is 18.3 Å². The summed E-state index contributed by atoms with van der Waals surface area (Å²) in [7, 11) is 0. The summed E-state index contributed by atoms with van der Waals surface area (Å²) in [6.45, 7) is 0. The highest BCUT2D eigenvalue weighted by molar-refractivity contribution is 7.99.